The van der Waals surface area contributed by atoms with Gasteiger partial charge in [0.25, 0.3) is 5.91 Å². The van der Waals surface area contributed by atoms with Crippen molar-refractivity contribution < 1.29 is 23.6 Å². The van der Waals surface area contributed by atoms with Gasteiger partial charge in [-0.05, 0) is 107 Å². The highest BCUT2D eigenvalue weighted by molar-refractivity contribution is 5.98. The Morgan fingerprint density at radius 1 is 0.745 bits per heavy atom. The van der Waals surface area contributed by atoms with Crippen LogP contribution >= 0.6 is 0 Å². The number of halogens is 1. The zero-order chi connectivity index (χ0) is 32.5. The van der Waals surface area contributed by atoms with Crippen LogP contribution in [0.1, 0.15) is 87.4 Å². The van der Waals surface area contributed by atoms with Gasteiger partial charge < -0.3 is 25.3 Å². The quantitative estimate of drug-likeness (QED) is 0.511. The third kappa shape index (κ3) is 7.07. The Balaban J connectivity index is 1.12. The van der Waals surface area contributed by atoms with Gasteiger partial charge in [0.05, 0.1) is 6.04 Å². The Kier molecular flexibility index (Phi) is 9.82. The van der Waals surface area contributed by atoms with Crippen LogP contribution in [0.3, 0.4) is 0 Å². The number of benzene rings is 1. The minimum Gasteiger partial charge on any atom is -0.354 e. The van der Waals surface area contributed by atoms with Gasteiger partial charge in [-0.1, -0.05) is 12.8 Å². The number of rotatable bonds is 2. The Labute approximate surface area is 277 Å². The topological polar surface area (TPSA) is 105 Å². The van der Waals surface area contributed by atoms with Crippen molar-refractivity contribution in [1.82, 2.24) is 30.2 Å². The lowest BCUT2D eigenvalue weighted by atomic mass is 9.80. The molecular formula is C36H51FN6O4. The minimum atomic E-state index is -0.735. The summed E-state index contributed by atoms with van der Waals surface area (Å²) in [6.07, 6.45) is 11.2. The summed E-state index contributed by atoms with van der Waals surface area (Å²) in [6, 6.07) is 4.97. The minimum absolute atomic E-state index is 0.0462. The van der Waals surface area contributed by atoms with Crippen LogP contribution in [-0.4, -0.2) is 119 Å². The lowest BCUT2D eigenvalue weighted by Crippen LogP contribution is -2.54. The van der Waals surface area contributed by atoms with Crippen LogP contribution in [0.5, 0.6) is 0 Å². The maximum absolute atomic E-state index is 13.8. The average molecular weight is 651 g/mol. The molecule has 0 radical (unpaired) electrons. The highest BCUT2D eigenvalue weighted by Crippen LogP contribution is 2.35. The van der Waals surface area contributed by atoms with Crippen LogP contribution in [0, 0.1) is 17.7 Å². The van der Waals surface area contributed by atoms with Gasteiger partial charge in [-0.2, -0.15) is 0 Å². The normalized spacial score (nSPS) is 33.5. The summed E-state index contributed by atoms with van der Waals surface area (Å²) in [6.45, 7) is 5.04. The lowest BCUT2D eigenvalue weighted by Gasteiger charge is -2.43. The zero-order valence-corrected chi connectivity index (χ0v) is 27.6. The summed E-state index contributed by atoms with van der Waals surface area (Å²) >= 11 is 0. The molecule has 6 aliphatic heterocycles. The third-order valence-corrected chi connectivity index (χ3v) is 12.2. The molecule has 8 rings (SSSR count). The van der Waals surface area contributed by atoms with Crippen LogP contribution in [-0.2, 0) is 14.4 Å². The molecule has 0 spiro atoms. The second-order valence-corrected chi connectivity index (χ2v) is 15.0. The zero-order valence-electron chi connectivity index (χ0n) is 27.6. The molecule has 4 amide bonds. The molecule has 10 nitrogen and oxygen atoms in total. The number of carbonyl (C=O) groups excluding carboxylic acids is 4. The number of hydrogen-bond acceptors (Lipinski definition) is 6. The monoisotopic (exact) mass is 650 g/mol. The van der Waals surface area contributed by atoms with Crippen molar-refractivity contribution in [3.8, 4) is 0 Å². The van der Waals surface area contributed by atoms with Gasteiger partial charge in [-0.25, -0.2) is 4.39 Å². The van der Waals surface area contributed by atoms with E-state index in [0.717, 1.165) is 71.2 Å². The molecule has 0 aromatic heterocycles. The maximum Gasteiger partial charge on any atom is 0.254 e. The highest BCUT2D eigenvalue weighted by Gasteiger charge is 2.44. The number of amides is 4. The molecule has 1 aromatic rings. The van der Waals surface area contributed by atoms with Gasteiger partial charge in [0, 0.05) is 62.8 Å². The number of likely N-dealkylation sites (tertiary alicyclic amines) is 2. The van der Waals surface area contributed by atoms with Gasteiger partial charge in [0.15, 0.2) is 0 Å². The molecule has 7 aliphatic rings. The van der Waals surface area contributed by atoms with E-state index in [4.69, 9.17) is 0 Å². The number of piperidine rings is 2. The summed E-state index contributed by atoms with van der Waals surface area (Å²) in [5.74, 6) is -0.190. The van der Waals surface area contributed by atoms with Crippen molar-refractivity contribution in [2.45, 2.75) is 107 Å². The van der Waals surface area contributed by atoms with E-state index in [9.17, 15) is 23.6 Å². The molecule has 47 heavy (non-hydrogen) atoms. The number of fused-ring (bicyclic) bond motifs is 7. The summed E-state index contributed by atoms with van der Waals surface area (Å²) < 4.78 is 13.7. The first-order chi connectivity index (χ1) is 22.8. The molecule has 256 valence electrons. The van der Waals surface area contributed by atoms with Crippen LogP contribution in [0.4, 0.5) is 4.39 Å². The van der Waals surface area contributed by atoms with Crippen molar-refractivity contribution in [2.24, 2.45) is 11.8 Å². The number of carbonyl (C=O) groups is 4. The lowest BCUT2D eigenvalue weighted by molar-refractivity contribution is -0.136. The Hall–Kier alpha value is -3.05. The maximum atomic E-state index is 13.8. The fourth-order valence-electron chi connectivity index (χ4n) is 9.58. The van der Waals surface area contributed by atoms with Crippen molar-refractivity contribution in [2.75, 3.05) is 45.8 Å². The first-order valence-corrected chi connectivity index (χ1v) is 18.3. The molecule has 7 fully saturated rings. The molecule has 0 unspecified atom stereocenters. The highest BCUT2D eigenvalue weighted by atomic mass is 19.1. The Morgan fingerprint density at radius 2 is 1.51 bits per heavy atom. The van der Waals surface area contributed by atoms with E-state index in [0.29, 0.717) is 36.9 Å². The first kappa shape index (κ1) is 32.5. The number of hydrogen-bond donors (Lipinski definition) is 2. The predicted octanol–water partition coefficient (Wildman–Crippen LogP) is 2.77. The molecule has 6 heterocycles. The Bertz CT molecular complexity index is 1310. The molecular weight excluding hydrogens is 599 g/mol. The van der Waals surface area contributed by atoms with Crippen LogP contribution in [0.2, 0.25) is 0 Å². The summed E-state index contributed by atoms with van der Waals surface area (Å²) in [4.78, 5) is 63.4. The van der Waals surface area contributed by atoms with Gasteiger partial charge in [0.2, 0.25) is 17.7 Å². The van der Waals surface area contributed by atoms with E-state index < -0.39 is 11.9 Å². The number of nitrogens with zero attached hydrogens (tertiary/aromatic N) is 4. The van der Waals surface area contributed by atoms with Gasteiger partial charge in [0.1, 0.15) is 11.9 Å². The van der Waals surface area contributed by atoms with Crippen molar-refractivity contribution >= 4 is 23.6 Å². The van der Waals surface area contributed by atoms with Crippen molar-refractivity contribution in [3.63, 3.8) is 0 Å². The molecule has 4 bridgehead atoms. The number of nitrogens with one attached hydrogen (secondary N) is 2. The SMILES string of the molecule is O=C1NCC[C@H]2CN(C3CCCC3)CC[C@H]2CC(=O)N2CCC(CC2)N2CCC[C@H]2C(=O)N[C@H]2C[C@@H]1N(C(=O)c1ccc(F)cc1)C2. The van der Waals surface area contributed by atoms with E-state index in [-0.39, 0.29) is 54.2 Å². The van der Waals surface area contributed by atoms with Gasteiger partial charge in [-0.3, -0.25) is 24.1 Å². The molecule has 11 heteroatoms. The Morgan fingerprint density at radius 3 is 2.28 bits per heavy atom. The smallest absolute Gasteiger partial charge is 0.254 e. The molecule has 1 aliphatic carbocycles. The first-order valence-electron chi connectivity index (χ1n) is 18.3. The summed E-state index contributed by atoms with van der Waals surface area (Å²) in [7, 11) is 0. The van der Waals surface area contributed by atoms with Crippen LogP contribution < -0.4 is 10.6 Å². The average Bonchev–Trinajstić information content (AvgIpc) is 3.87. The molecule has 1 aromatic carbocycles. The second kappa shape index (κ2) is 14.2. The van der Waals surface area contributed by atoms with E-state index >= 15 is 0 Å². The molecule has 6 saturated heterocycles. The third-order valence-electron chi connectivity index (χ3n) is 12.2. The molecule has 1 saturated carbocycles. The standard InChI is InChI=1S/C36H51FN6O4/c37-27-9-7-24(8-10-27)36(47)43-23-28-21-32(43)34(45)38-15-11-26-22-41(29-4-1-2-5-29)17-12-25(26)20-33(44)40-18-13-30(14-19-40)42-16-3-6-31(42)35(46)39-28/h7-10,25-26,28-32H,1-6,11-23H2,(H,38,45)(H,39,46)/t25-,26-,28-,31-,32-/m0/s1. The van der Waals surface area contributed by atoms with Gasteiger partial charge in [-0.15, -0.1) is 0 Å². The second-order valence-electron chi connectivity index (χ2n) is 15.0. The fraction of sp³-hybridized carbons (Fsp3) is 0.722. The fourth-order valence-corrected chi connectivity index (χ4v) is 9.58. The largest absolute Gasteiger partial charge is 0.354 e. The van der Waals surface area contributed by atoms with E-state index in [1.165, 1.54) is 49.9 Å². The van der Waals surface area contributed by atoms with Gasteiger partial charge >= 0.3 is 0 Å². The summed E-state index contributed by atoms with van der Waals surface area (Å²) in [5, 5.41) is 6.35. The summed E-state index contributed by atoms with van der Waals surface area (Å²) in [5.41, 5.74) is 0.320. The van der Waals surface area contributed by atoms with Crippen LogP contribution in [0.15, 0.2) is 24.3 Å². The van der Waals surface area contributed by atoms with E-state index in [2.05, 4.69) is 25.3 Å². The van der Waals surface area contributed by atoms with Crippen molar-refractivity contribution in [3.05, 3.63) is 35.6 Å². The van der Waals surface area contributed by atoms with E-state index in [1.807, 2.05) is 0 Å². The predicted molar refractivity (Wildman–Crippen MR) is 175 cm³/mol. The van der Waals surface area contributed by atoms with Crippen molar-refractivity contribution in [1.29, 1.82) is 0 Å². The molecule has 2 N–H and O–H groups in total. The molecule has 5 atom stereocenters. The van der Waals surface area contributed by atoms with Crippen LogP contribution in [0.25, 0.3) is 0 Å². The van der Waals surface area contributed by atoms with E-state index in [1.54, 1.807) is 4.90 Å².